The summed E-state index contributed by atoms with van der Waals surface area (Å²) in [6.07, 6.45) is 0.140. The molecule has 0 amide bonds. The second-order valence-corrected chi connectivity index (χ2v) is 5.41. The molecule has 0 saturated carbocycles. The van der Waals surface area contributed by atoms with Gasteiger partial charge in [0.2, 0.25) is 0 Å². The lowest BCUT2D eigenvalue weighted by Gasteiger charge is -2.41. The molecule has 1 N–H and O–H groups in total. The smallest absolute Gasteiger partial charge is 0.172 e. The molecule has 3 nitrogen and oxygen atoms in total. The number of benzene rings is 1. The van der Waals surface area contributed by atoms with Crippen LogP contribution < -0.4 is 0 Å². The second kappa shape index (κ2) is 5.06. The number of methoxy groups -OCH3 is 1. The molecule has 1 aliphatic rings. The first-order valence-electron chi connectivity index (χ1n) is 5.66. The van der Waals surface area contributed by atoms with Gasteiger partial charge in [-0.15, -0.1) is 0 Å². The number of hydrogen-bond donors (Lipinski definition) is 1. The van der Waals surface area contributed by atoms with Gasteiger partial charge in [0.25, 0.3) is 0 Å². The van der Waals surface area contributed by atoms with Crippen LogP contribution in [0.25, 0.3) is 0 Å². The Labute approximate surface area is 110 Å². The molecule has 4 heteroatoms. The van der Waals surface area contributed by atoms with Crippen LogP contribution in [0, 0.1) is 6.92 Å². The van der Waals surface area contributed by atoms with Crippen LogP contribution in [-0.4, -0.2) is 29.9 Å². The van der Waals surface area contributed by atoms with E-state index in [1.165, 1.54) is 0 Å². The SMILES string of the molecule is COC1OCCC(O)(c2cccc(C)c2)C1Br. The maximum absolute atomic E-state index is 10.8. The zero-order chi connectivity index (χ0) is 12.5. The predicted molar refractivity (Wildman–Crippen MR) is 69.2 cm³/mol. The first-order valence-corrected chi connectivity index (χ1v) is 6.57. The summed E-state index contributed by atoms with van der Waals surface area (Å²) in [5.41, 5.74) is 1.10. The third kappa shape index (κ3) is 2.40. The normalized spacial score (nSPS) is 33.6. The highest BCUT2D eigenvalue weighted by atomic mass is 79.9. The summed E-state index contributed by atoms with van der Waals surface area (Å²) in [4.78, 5) is -0.268. The molecular formula is C13H17BrO3. The van der Waals surface area contributed by atoms with Crippen molar-refractivity contribution < 1.29 is 14.6 Å². The molecular weight excluding hydrogens is 284 g/mol. The van der Waals surface area contributed by atoms with E-state index in [2.05, 4.69) is 15.9 Å². The zero-order valence-electron chi connectivity index (χ0n) is 10.0. The average molecular weight is 301 g/mol. The van der Waals surface area contributed by atoms with Crippen LogP contribution in [0.3, 0.4) is 0 Å². The van der Waals surface area contributed by atoms with Gasteiger partial charge in [0, 0.05) is 13.5 Å². The van der Waals surface area contributed by atoms with Crippen LogP contribution in [0.15, 0.2) is 24.3 Å². The van der Waals surface area contributed by atoms with E-state index in [1.807, 2.05) is 31.2 Å². The molecule has 2 rings (SSSR count). The quantitative estimate of drug-likeness (QED) is 0.852. The van der Waals surface area contributed by atoms with Crippen LogP contribution in [0.2, 0.25) is 0 Å². The van der Waals surface area contributed by atoms with Crippen molar-refractivity contribution in [1.29, 1.82) is 0 Å². The number of hydrogen-bond acceptors (Lipinski definition) is 3. The molecule has 1 aromatic carbocycles. The predicted octanol–water partition coefficient (Wildman–Crippen LogP) is 2.34. The molecule has 0 spiro atoms. The van der Waals surface area contributed by atoms with Crippen molar-refractivity contribution in [3.63, 3.8) is 0 Å². The second-order valence-electron chi connectivity index (χ2n) is 4.42. The van der Waals surface area contributed by atoms with Crippen LogP contribution in [0.1, 0.15) is 17.5 Å². The van der Waals surface area contributed by atoms with Gasteiger partial charge in [0.1, 0.15) is 5.60 Å². The van der Waals surface area contributed by atoms with Crippen molar-refractivity contribution in [2.75, 3.05) is 13.7 Å². The lowest BCUT2D eigenvalue weighted by molar-refractivity contribution is -0.194. The molecule has 0 bridgehead atoms. The molecule has 17 heavy (non-hydrogen) atoms. The van der Waals surface area contributed by atoms with Crippen LogP contribution in [0.4, 0.5) is 0 Å². The molecule has 0 radical (unpaired) electrons. The number of alkyl halides is 1. The van der Waals surface area contributed by atoms with E-state index in [0.717, 1.165) is 11.1 Å². The molecule has 94 valence electrons. The Balaban J connectivity index is 2.34. The summed E-state index contributed by atoms with van der Waals surface area (Å²) in [6, 6.07) is 7.93. The molecule has 0 aromatic heterocycles. The molecule has 1 heterocycles. The number of ether oxygens (including phenoxy) is 2. The van der Waals surface area contributed by atoms with E-state index in [0.29, 0.717) is 13.0 Å². The van der Waals surface area contributed by atoms with Crippen molar-refractivity contribution in [3.05, 3.63) is 35.4 Å². The van der Waals surface area contributed by atoms with E-state index < -0.39 is 11.9 Å². The number of halogens is 1. The third-order valence-corrected chi connectivity index (χ3v) is 4.40. The van der Waals surface area contributed by atoms with Gasteiger partial charge in [-0.3, -0.25) is 0 Å². The Hall–Kier alpha value is -0.420. The van der Waals surface area contributed by atoms with Gasteiger partial charge < -0.3 is 14.6 Å². The third-order valence-electron chi connectivity index (χ3n) is 3.21. The van der Waals surface area contributed by atoms with E-state index in [9.17, 15) is 5.11 Å². The minimum absolute atomic E-state index is 0.268. The molecule has 3 unspecified atom stereocenters. The summed E-state index contributed by atoms with van der Waals surface area (Å²) in [5, 5.41) is 10.8. The largest absolute Gasteiger partial charge is 0.384 e. The summed E-state index contributed by atoms with van der Waals surface area (Å²) < 4.78 is 10.7. The Bertz CT molecular complexity index is 396. The first kappa shape index (κ1) is 13.0. The fraction of sp³-hybridized carbons (Fsp3) is 0.538. The highest BCUT2D eigenvalue weighted by Crippen LogP contribution is 2.39. The van der Waals surface area contributed by atoms with Crippen LogP contribution >= 0.6 is 15.9 Å². The first-order chi connectivity index (χ1) is 8.08. The summed E-state index contributed by atoms with van der Waals surface area (Å²) in [7, 11) is 1.58. The van der Waals surface area contributed by atoms with Gasteiger partial charge in [-0.1, -0.05) is 45.8 Å². The highest BCUT2D eigenvalue weighted by molar-refractivity contribution is 9.09. The summed E-state index contributed by atoms with van der Waals surface area (Å²) in [6.45, 7) is 2.51. The summed E-state index contributed by atoms with van der Waals surface area (Å²) >= 11 is 3.50. The number of aryl methyl sites for hydroxylation is 1. The minimum atomic E-state index is -0.940. The molecule has 3 atom stereocenters. The fourth-order valence-corrected chi connectivity index (χ4v) is 3.05. The van der Waals surface area contributed by atoms with Gasteiger partial charge in [0.05, 0.1) is 11.4 Å². The lowest BCUT2D eigenvalue weighted by Crippen LogP contribution is -2.49. The Morgan fingerprint density at radius 3 is 2.94 bits per heavy atom. The van der Waals surface area contributed by atoms with Crippen molar-refractivity contribution in [2.24, 2.45) is 0 Å². The molecule has 1 saturated heterocycles. The average Bonchev–Trinajstić information content (AvgIpc) is 2.33. The van der Waals surface area contributed by atoms with Crippen molar-refractivity contribution in [2.45, 2.75) is 30.1 Å². The maximum Gasteiger partial charge on any atom is 0.172 e. The van der Waals surface area contributed by atoms with Gasteiger partial charge in [-0.25, -0.2) is 0 Å². The standard InChI is InChI=1S/C13H17BrO3/c1-9-4-3-5-10(8-9)13(15)6-7-17-12(16-2)11(13)14/h3-5,8,11-12,15H,6-7H2,1-2H3. The maximum atomic E-state index is 10.8. The van der Waals surface area contributed by atoms with E-state index in [4.69, 9.17) is 9.47 Å². The van der Waals surface area contributed by atoms with E-state index >= 15 is 0 Å². The van der Waals surface area contributed by atoms with Crippen molar-refractivity contribution in [3.8, 4) is 0 Å². The number of aliphatic hydroxyl groups is 1. The van der Waals surface area contributed by atoms with E-state index in [1.54, 1.807) is 7.11 Å². The topological polar surface area (TPSA) is 38.7 Å². The Morgan fingerprint density at radius 2 is 2.29 bits per heavy atom. The van der Waals surface area contributed by atoms with Crippen LogP contribution in [0.5, 0.6) is 0 Å². The van der Waals surface area contributed by atoms with Gasteiger partial charge >= 0.3 is 0 Å². The van der Waals surface area contributed by atoms with Crippen molar-refractivity contribution in [1.82, 2.24) is 0 Å². The van der Waals surface area contributed by atoms with Gasteiger partial charge in [-0.2, -0.15) is 0 Å². The molecule has 0 aliphatic carbocycles. The minimum Gasteiger partial charge on any atom is -0.384 e. The Kier molecular flexibility index (Phi) is 3.88. The number of rotatable bonds is 2. The van der Waals surface area contributed by atoms with Crippen molar-refractivity contribution >= 4 is 15.9 Å². The Morgan fingerprint density at radius 1 is 1.53 bits per heavy atom. The van der Waals surface area contributed by atoms with Crippen LogP contribution in [-0.2, 0) is 15.1 Å². The molecule has 1 aromatic rings. The zero-order valence-corrected chi connectivity index (χ0v) is 11.6. The van der Waals surface area contributed by atoms with Gasteiger partial charge in [0.15, 0.2) is 6.29 Å². The summed E-state index contributed by atoms with van der Waals surface area (Å²) in [5.74, 6) is 0. The van der Waals surface area contributed by atoms with Gasteiger partial charge in [-0.05, 0) is 12.5 Å². The lowest BCUT2D eigenvalue weighted by atomic mass is 9.85. The van der Waals surface area contributed by atoms with E-state index in [-0.39, 0.29) is 4.83 Å². The fourth-order valence-electron chi connectivity index (χ4n) is 2.18. The molecule has 1 fully saturated rings. The highest BCUT2D eigenvalue weighted by Gasteiger charge is 2.45. The molecule has 1 aliphatic heterocycles. The monoisotopic (exact) mass is 300 g/mol.